The molecular weight excluding hydrogens is 329 g/mol. The average Bonchev–Trinajstić information content (AvgIpc) is 2.43. The third-order valence-electron chi connectivity index (χ3n) is 3.39. The second-order valence-corrected chi connectivity index (χ2v) is 5.32. The van der Waals surface area contributed by atoms with Gasteiger partial charge in [-0.25, -0.2) is 4.39 Å². The minimum atomic E-state index is -0.517. The zero-order valence-corrected chi connectivity index (χ0v) is 13.2. The second-order valence-electron chi connectivity index (χ2n) is 4.54. The number of hydrogen-bond acceptors (Lipinski definition) is 2. The number of halogens is 5. The Bertz CT molecular complexity index is 440. The van der Waals surface area contributed by atoms with Gasteiger partial charge in [0.25, 0.3) is 0 Å². The smallest absolute Gasteiger partial charge is 0.129 e. The molecule has 0 radical (unpaired) electrons. The van der Waals surface area contributed by atoms with Crippen LogP contribution in [0.5, 0.6) is 0 Å². The number of benzene rings is 1. The summed E-state index contributed by atoms with van der Waals surface area (Å²) in [6, 6.07) is 2.35. The summed E-state index contributed by atoms with van der Waals surface area (Å²) in [5, 5.41) is 3.71. The van der Waals surface area contributed by atoms with E-state index in [1.807, 2.05) is 0 Å². The third kappa shape index (κ3) is 3.95. The van der Waals surface area contributed by atoms with Gasteiger partial charge in [0.2, 0.25) is 0 Å². The van der Waals surface area contributed by atoms with Gasteiger partial charge in [-0.1, -0.05) is 23.2 Å². The fourth-order valence-electron chi connectivity index (χ4n) is 2.45. The molecule has 0 unspecified atom stereocenters. The highest BCUT2D eigenvalue weighted by Gasteiger charge is 2.27. The Labute approximate surface area is 133 Å². The van der Waals surface area contributed by atoms with Crippen LogP contribution in [-0.4, -0.2) is 37.8 Å². The summed E-state index contributed by atoms with van der Waals surface area (Å²) in [5.41, 5.74) is 0.314. The molecule has 2 rings (SSSR count). The summed E-state index contributed by atoms with van der Waals surface area (Å²) in [6.07, 6.45) is 0.219. The van der Waals surface area contributed by atoms with Crippen LogP contribution in [0.25, 0.3) is 0 Å². The predicted molar refractivity (Wildman–Crippen MR) is 81.4 cm³/mol. The highest BCUT2D eigenvalue weighted by molar-refractivity contribution is 6.42. The van der Waals surface area contributed by atoms with Gasteiger partial charge in [-0.2, -0.15) is 0 Å². The van der Waals surface area contributed by atoms with Crippen LogP contribution in [0.3, 0.4) is 0 Å². The lowest BCUT2D eigenvalue weighted by Gasteiger charge is -2.35. The van der Waals surface area contributed by atoms with Crippen LogP contribution >= 0.6 is 35.6 Å². The molecule has 1 aliphatic rings. The predicted octanol–water partition coefficient (Wildman–Crippen LogP) is 3.86. The monoisotopic (exact) mass is 344 g/mol. The first-order valence-electron chi connectivity index (χ1n) is 6.29. The zero-order chi connectivity index (χ0) is 13.8. The topological polar surface area (TPSA) is 15.3 Å². The Morgan fingerprint density at radius 3 is 2.50 bits per heavy atom. The molecule has 20 heavy (non-hydrogen) atoms. The maximum Gasteiger partial charge on any atom is 0.129 e. The van der Waals surface area contributed by atoms with E-state index in [9.17, 15) is 8.78 Å². The SMILES string of the molecule is Cl.FCC[C@H](c1c(F)ccc(Cl)c1Cl)N1CCNCC1. The molecule has 0 bridgehead atoms. The van der Waals surface area contributed by atoms with Crippen LogP contribution in [-0.2, 0) is 0 Å². The van der Waals surface area contributed by atoms with E-state index in [1.54, 1.807) is 0 Å². The van der Waals surface area contributed by atoms with E-state index in [0.29, 0.717) is 10.6 Å². The molecule has 1 aromatic rings. The van der Waals surface area contributed by atoms with E-state index in [-0.39, 0.29) is 29.9 Å². The van der Waals surface area contributed by atoms with Gasteiger partial charge >= 0.3 is 0 Å². The molecule has 1 atom stereocenters. The maximum atomic E-state index is 14.1. The first kappa shape index (κ1) is 17.9. The number of hydrogen-bond donors (Lipinski definition) is 1. The number of nitrogens with zero attached hydrogens (tertiary/aromatic N) is 1. The lowest BCUT2D eigenvalue weighted by Crippen LogP contribution is -2.45. The van der Waals surface area contributed by atoms with Crippen LogP contribution in [0.2, 0.25) is 10.0 Å². The van der Waals surface area contributed by atoms with Gasteiger partial charge in [0.05, 0.1) is 16.7 Å². The van der Waals surface area contributed by atoms with E-state index in [4.69, 9.17) is 23.2 Å². The van der Waals surface area contributed by atoms with E-state index < -0.39 is 12.5 Å². The van der Waals surface area contributed by atoms with Crippen molar-refractivity contribution < 1.29 is 8.78 Å². The van der Waals surface area contributed by atoms with Crippen molar-refractivity contribution in [2.24, 2.45) is 0 Å². The molecule has 0 spiro atoms. The van der Waals surface area contributed by atoms with Crippen LogP contribution in [0, 0.1) is 5.82 Å². The van der Waals surface area contributed by atoms with Crippen LogP contribution < -0.4 is 5.32 Å². The molecular formula is C13H17Cl3F2N2. The van der Waals surface area contributed by atoms with Crippen molar-refractivity contribution in [3.63, 3.8) is 0 Å². The highest BCUT2D eigenvalue weighted by atomic mass is 35.5. The summed E-state index contributed by atoms with van der Waals surface area (Å²) in [6.45, 7) is 2.59. The van der Waals surface area contributed by atoms with Gasteiger partial charge in [0.1, 0.15) is 5.82 Å². The first-order valence-corrected chi connectivity index (χ1v) is 7.05. The number of piperazine rings is 1. The molecule has 1 aromatic carbocycles. The molecule has 2 nitrogen and oxygen atoms in total. The molecule has 1 heterocycles. The van der Waals surface area contributed by atoms with Gasteiger partial charge in [-0.3, -0.25) is 9.29 Å². The largest absolute Gasteiger partial charge is 0.314 e. The standard InChI is InChI=1S/C13H16Cl2F2N2.ClH/c14-9-1-2-10(17)12(13(9)15)11(3-4-16)19-7-5-18-6-8-19;/h1-2,11,18H,3-8H2;1H/t11-;/m1./s1. The molecule has 1 aliphatic heterocycles. The second kappa shape index (κ2) is 8.35. The van der Waals surface area contributed by atoms with Gasteiger partial charge in [0.15, 0.2) is 0 Å². The highest BCUT2D eigenvalue weighted by Crippen LogP contribution is 2.36. The molecule has 1 fully saturated rings. The van der Waals surface area contributed by atoms with Crippen LogP contribution in [0.4, 0.5) is 8.78 Å². The van der Waals surface area contributed by atoms with Gasteiger partial charge in [-0.05, 0) is 18.6 Å². The van der Waals surface area contributed by atoms with Crippen molar-refractivity contribution in [3.8, 4) is 0 Å². The Balaban J connectivity index is 0.00000200. The Morgan fingerprint density at radius 1 is 1.25 bits per heavy atom. The van der Waals surface area contributed by atoms with Crippen LogP contribution in [0.1, 0.15) is 18.0 Å². The molecule has 0 saturated carbocycles. The fraction of sp³-hybridized carbons (Fsp3) is 0.538. The Kier molecular flexibility index (Phi) is 7.48. The van der Waals surface area contributed by atoms with Crippen molar-refractivity contribution in [2.45, 2.75) is 12.5 Å². The quantitative estimate of drug-likeness (QED) is 0.834. The van der Waals surface area contributed by atoms with Gasteiger partial charge < -0.3 is 5.32 Å². The summed E-state index contributed by atoms with van der Waals surface area (Å²) >= 11 is 12.1. The summed E-state index contributed by atoms with van der Waals surface area (Å²) in [7, 11) is 0. The van der Waals surface area contributed by atoms with Gasteiger partial charge in [0, 0.05) is 37.8 Å². The minimum Gasteiger partial charge on any atom is -0.314 e. The third-order valence-corrected chi connectivity index (χ3v) is 4.21. The first-order chi connectivity index (χ1) is 9.15. The van der Waals surface area contributed by atoms with E-state index in [1.165, 1.54) is 12.1 Å². The molecule has 0 amide bonds. The number of alkyl halides is 1. The molecule has 1 saturated heterocycles. The summed E-state index contributed by atoms with van der Waals surface area (Å²) in [5.74, 6) is -0.425. The van der Waals surface area contributed by atoms with Crippen LogP contribution in [0.15, 0.2) is 12.1 Å². The van der Waals surface area contributed by atoms with Crippen molar-refractivity contribution in [1.29, 1.82) is 0 Å². The normalized spacial score (nSPS) is 17.6. The molecule has 1 N–H and O–H groups in total. The Hall–Kier alpha value is -0.130. The maximum absolute atomic E-state index is 14.1. The lowest BCUT2D eigenvalue weighted by molar-refractivity contribution is 0.154. The number of nitrogens with one attached hydrogen (secondary N) is 1. The van der Waals surface area contributed by atoms with Crippen molar-refractivity contribution in [1.82, 2.24) is 10.2 Å². The fourth-order valence-corrected chi connectivity index (χ4v) is 2.90. The van der Waals surface area contributed by atoms with Crippen molar-refractivity contribution in [2.75, 3.05) is 32.9 Å². The van der Waals surface area contributed by atoms with Crippen molar-refractivity contribution in [3.05, 3.63) is 33.6 Å². The molecule has 0 aliphatic carbocycles. The summed E-state index contributed by atoms with van der Waals surface area (Å²) < 4.78 is 26.9. The average molecular weight is 346 g/mol. The molecule has 7 heteroatoms. The van der Waals surface area contributed by atoms with E-state index >= 15 is 0 Å². The van der Waals surface area contributed by atoms with Gasteiger partial charge in [-0.15, -0.1) is 12.4 Å². The van der Waals surface area contributed by atoms with E-state index in [2.05, 4.69) is 10.2 Å². The summed E-state index contributed by atoms with van der Waals surface area (Å²) in [4.78, 5) is 2.05. The lowest BCUT2D eigenvalue weighted by atomic mass is 10.0. The zero-order valence-electron chi connectivity index (χ0n) is 10.8. The molecule has 0 aromatic heterocycles. The number of rotatable bonds is 4. The van der Waals surface area contributed by atoms with Crippen molar-refractivity contribution >= 4 is 35.6 Å². The van der Waals surface area contributed by atoms with E-state index in [0.717, 1.165) is 26.2 Å². The Morgan fingerprint density at radius 2 is 1.90 bits per heavy atom. The molecule has 114 valence electrons. The minimum absolute atomic E-state index is 0.